The Kier molecular flexibility index (Phi) is 8.53. The number of morpholine rings is 1. The lowest BCUT2D eigenvalue weighted by molar-refractivity contribution is -0.138. The number of nitrogens with zero attached hydrogens (tertiary/aromatic N) is 3. The molecule has 8 nitrogen and oxygen atoms in total. The molecule has 43 heavy (non-hydrogen) atoms. The first kappa shape index (κ1) is 28.6. The molecule has 4 aromatic rings. The minimum absolute atomic E-state index is 0.200. The van der Waals surface area contributed by atoms with Crippen LogP contribution in [0.4, 0.5) is 5.69 Å². The first-order chi connectivity index (χ1) is 21.1. The van der Waals surface area contributed by atoms with Gasteiger partial charge >= 0.3 is 5.97 Å². The van der Waals surface area contributed by atoms with E-state index >= 15 is 0 Å². The van der Waals surface area contributed by atoms with E-state index in [1.807, 2.05) is 79.7 Å². The fraction of sp³-hybridized carbons (Fsp3) is 0.265. The highest BCUT2D eigenvalue weighted by atomic mass is 32.1. The van der Waals surface area contributed by atoms with Crippen LogP contribution in [0, 0.1) is 0 Å². The van der Waals surface area contributed by atoms with Crippen molar-refractivity contribution in [1.29, 1.82) is 0 Å². The summed E-state index contributed by atoms with van der Waals surface area (Å²) < 4.78 is 18.8. The molecule has 2 aliphatic rings. The van der Waals surface area contributed by atoms with Gasteiger partial charge in [-0.3, -0.25) is 9.36 Å². The van der Waals surface area contributed by atoms with Gasteiger partial charge in [0.2, 0.25) is 0 Å². The summed E-state index contributed by atoms with van der Waals surface area (Å²) in [6, 6.07) is 24.5. The third-order valence-electron chi connectivity index (χ3n) is 7.45. The van der Waals surface area contributed by atoms with Crippen LogP contribution in [-0.4, -0.2) is 50.1 Å². The molecule has 0 bridgehead atoms. The van der Waals surface area contributed by atoms with Gasteiger partial charge in [-0.2, -0.15) is 0 Å². The van der Waals surface area contributed by atoms with Crippen LogP contribution in [0.1, 0.15) is 36.6 Å². The molecule has 0 aliphatic carbocycles. The Morgan fingerprint density at radius 1 is 0.977 bits per heavy atom. The number of rotatable bonds is 8. The number of ether oxygens (including phenoxy) is 3. The second-order valence-electron chi connectivity index (χ2n) is 10.1. The molecule has 3 heterocycles. The number of anilines is 1. The zero-order valence-electron chi connectivity index (χ0n) is 24.2. The summed E-state index contributed by atoms with van der Waals surface area (Å²) in [4.78, 5) is 35.5. The van der Waals surface area contributed by atoms with Crippen LogP contribution < -0.4 is 24.5 Å². The van der Waals surface area contributed by atoms with Crippen molar-refractivity contribution in [1.82, 2.24) is 4.57 Å². The van der Waals surface area contributed by atoms with Gasteiger partial charge < -0.3 is 19.1 Å². The molecule has 9 heteroatoms. The van der Waals surface area contributed by atoms with E-state index in [9.17, 15) is 9.59 Å². The number of thiazole rings is 1. The lowest BCUT2D eigenvalue weighted by atomic mass is 9.93. The Morgan fingerprint density at radius 2 is 1.70 bits per heavy atom. The second-order valence-corrected chi connectivity index (χ2v) is 11.1. The highest BCUT2D eigenvalue weighted by Crippen LogP contribution is 2.35. The zero-order chi connectivity index (χ0) is 29.8. The van der Waals surface area contributed by atoms with Gasteiger partial charge in [0.05, 0.1) is 48.3 Å². The number of aromatic nitrogens is 1. The van der Waals surface area contributed by atoms with Gasteiger partial charge in [0.25, 0.3) is 5.56 Å². The minimum Gasteiger partial charge on any atom is -0.494 e. The summed E-state index contributed by atoms with van der Waals surface area (Å²) in [6.45, 7) is 7.59. The molecular formula is C34H33N3O5S. The monoisotopic (exact) mass is 595 g/mol. The maximum absolute atomic E-state index is 14.1. The Labute approximate surface area is 253 Å². The molecule has 0 N–H and O–H groups in total. The van der Waals surface area contributed by atoms with Crippen LogP contribution in [0.2, 0.25) is 0 Å². The van der Waals surface area contributed by atoms with Crippen molar-refractivity contribution in [3.05, 3.63) is 121 Å². The van der Waals surface area contributed by atoms with E-state index in [0.717, 1.165) is 48.7 Å². The Bertz CT molecular complexity index is 1800. The summed E-state index contributed by atoms with van der Waals surface area (Å²) in [5.41, 5.74) is 4.19. The smallest absolute Gasteiger partial charge is 0.338 e. The molecule has 0 unspecified atom stereocenters. The van der Waals surface area contributed by atoms with Crippen LogP contribution in [0.25, 0.3) is 11.8 Å². The SMILES string of the molecule is CCOC(=O)C1=C(c2ccccc2)N=c2s/c(=C\c3ccc(N4CCOCC4)cc3)c(=O)n2[C@H]1c1ccc(OCC)cc1. The second kappa shape index (κ2) is 12.8. The number of benzene rings is 3. The van der Waals surface area contributed by atoms with E-state index in [2.05, 4.69) is 17.0 Å². The van der Waals surface area contributed by atoms with Crippen molar-refractivity contribution in [3.8, 4) is 5.75 Å². The molecule has 6 rings (SSSR count). The number of carbonyl (C=O) groups is 1. The highest BCUT2D eigenvalue weighted by Gasteiger charge is 2.35. The molecular weight excluding hydrogens is 562 g/mol. The Balaban J connectivity index is 1.50. The summed E-state index contributed by atoms with van der Waals surface area (Å²) >= 11 is 1.31. The molecule has 1 atom stereocenters. The predicted molar refractivity (Wildman–Crippen MR) is 168 cm³/mol. The number of hydrogen-bond acceptors (Lipinski definition) is 8. The largest absolute Gasteiger partial charge is 0.494 e. The number of carbonyl (C=O) groups excluding carboxylic acids is 1. The zero-order valence-corrected chi connectivity index (χ0v) is 25.0. The quantitative estimate of drug-likeness (QED) is 0.285. The third-order valence-corrected chi connectivity index (χ3v) is 8.43. The summed E-state index contributed by atoms with van der Waals surface area (Å²) in [6.07, 6.45) is 1.89. The maximum Gasteiger partial charge on any atom is 0.338 e. The molecule has 0 radical (unpaired) electrons. The van der Waals surface area contributed by atoms with E-state index < -0.39 is 12.0 Å². The van der Waals surface area contributed by atoms with Gasteiger partial charge in [-0.05, 0) is 55.3 Å². The van der Waals surface area contributed by atoms with Crippen molar-refractivity contribution in [3.63, 3.8) is 0 Å². The summed E-state index contributed by atoms with van der Waals surface area (Å²) in [7, 11) is 0. The fourth-order valence-corrected chi connectivity index (χ4v) is 6.42. The minimum atomic E-state index is -0.730. The van der Waals surface area contributed by atoms with E-state index in [4.69, 9.17) is 19.2 Å². The van der Waals surface area contributed by atoms with E-state index in [0.29, 0.717) is 33.0 Å². The molecule has 1 fully saturated rings. The molecule has 1 aromatic heterocycles. The van der Waals surface area contributed by atoms with Gasteiger partial charge in [0.15, 0.2) is 4.80 Å². The van der Waals surface area contributed by atoms with Crippen LogP contribution in [-0.2, 0) is 14.3 Å². The van der Waals surface area contributed by atoms with Crippen LogP contribution in [0.3, 0.4) is 0 Å². The average Bonchev–Trinajstić information content (AvgIpc) is 3.36. The van der Waals surface area contributed by atoms with Crippen molar-refractivity contribution < 1.29 is 19.0 Å². The fourth-order valence-electron chi connectivity index (χ4n) is 5.42. The van der Waals surface area contributed by atoms with Crippen LogP contribution in [0.5, 0.6) is 5.75 Å². The Hall–Kier alpha value is -4.47. The number of hydrogen-bond donors (Lipinski definition) is 0. The number of esters is 1. The topological polar surface area (TPSA) is 82.4 Å². The molecule has 0 amide bonds. The average molecular weight is 596 g/mol. The molecule has 0 spiro atoms. The molecule has 220 valence electrons. The molecule has 2 aliphatic heterocycles. The van der Waals surface area contributed by atoms with Gasteiger partial charge in [-0.25, -0.2) is 9.79 Å². The molecule has 3 aromatic carbocycles. The summed E-state index contributed by atoms with van der Waals surface area (Å²) in [5, 5.41) is 0. The lowest BCUT2D eigenvalue weighted by Gasteiger charge is -2.28. The van der Waals surface area contributed by atoms with E-state index in [1.165, 1.54) is 11.3 Å². The standard InChI is InChI=1S/C34H33N3O5S/c1-3-41-27-16-12-25(13-17-27)31-29(33(39)42-4-2)30(24-8-6-5-7-9-24)35-34-37(31)32(38)28(43-34)22-23-10-14-26(15-11-23)36-18-20-40-21-19-36/h5-17,22,31H,3-4,18-21H2,1-2H3/b28-22-/t31-/m0/s1. The van der Waals surface area contributed by atoms with Crippen LogP contribution in [0.15, 0.2) is 94.2 Å². The number of fused-ring (bicyclic) bond motifs is 1. The lowest BCUT2D eigenvalue weighted by Crippen LogP contribution is -2.40. The van der Waals surface area contributed by atoms with Gasteiger partial charge in [0.1, 0.15) is 5.75 Å². The van der Waals surface area contributed by atoms with Crippen LogP contribution >= 0.6 is 11.3 Å². The van der Waals surface area contributed by atoms with Crippen molar-refractivity contribution >= 4 is 34.8 Å². The van der Waals surface area contributed by atoms with Gasteiger partial charge in [-0.1, -0.05) is 65.9 Å². The summed E-state index contributed by atoms with van der Waals surface area (Å²) in [5.74, 6) is 0.209. The molecule has 1 saturated heterocycles. The first-order valence-electron chi connectivity index (χ1n) is 14.5. The molecule has 0 saturated carbocycles. The van der Waals surface area contributed by atoms with Gasteiger partial charge in [0, 0.05) is 24.3 Å². The maximum atomic E-state index is 14.1. The highest BCUT2D eigenvalue weighted by molar-refractivity contribution is 7.07. The van der Waals surface area contributed by atoms with Gasteiger partial charge in [-0.15, -0.1) is 0 Å². The van der Waals surface area contributed by atoms with Crippen molar-refractivity contribution in [2.75, 3.05) is 44.4 Å². The van der Waals surface area contributed by atoms with E-state index in [1.54, 1.807) is 11.5 Å². The predicted octanol–water partition coefficient (Wildman–Crippen LogP) is 4.17. The van der Waals surface area contributed by atoms with Crippen molar-refractivity contribution in [2.24, 2.45) is 4.99 Å². The normalized spacial score (nSPS) is 16.9. The first-order valence-corrected chi connectivity index (χ1v) is 15.3. The Morgan fingerprint density at radius 3 is 2.37 bits per heavy atom. The third kappa shape index (κ3) is 5.91. The van der Waals surface area contributed by atoms with E-state index in [-0.39, 0.29) is 12.2 Å². The van der Waals surface area contributed by atoms with Crippen molar-refractivity contribution in [2.45, 2.75) is 19.9 Å².